The Morgan fingerprint density at radius 2 is 2.37 bits per heavy atom. The fraction of sp³-hybridized carbons (Fsp3) is 0.308. The van der Waals surface area contributed by atoms with Crippen molar-refractivity contribution in [1.29, 1.82) is 0 Å². The molecule has 0 saturated carbocycles. The van der Waals surface area contributed by atoms with Crippen LogP contribution in [0.25, 0.3) is 11.5 Å². The number of hydrogen-bond acceptors (Lipinski definition) is 5. The number of nitrogens with zero attached hydrogens (tertiary/aromatic N) is 2. The van der Waals surface area contributed by atoms with Gasteiger partial charge in [0.1, 0.15) is 0 Å². The van der Waals surface area contributed by atoms with E-state index < -0.39 is 5.97 Å². The summed E-state index contributed by atoms with van der Waals surface area (Å²) >= 11 is 1.83. The topological polar surface area (TPSA) is 76.2 Å². The monoisotopic (exact) mass is 276 g/mol. The highest BCUT2D eigenvalue weighted by Gasteiger charge is 2.23. The third-order valence-corrected chi connectivity index (χ3v) is 4.39. The molecule has 1 aromatic carbocycles. The van der Waals surface area contributed by atoms with Crippen LogP contribution in [-0.4, -0.2) is 27.0 Å². The molecule has 1 saturated heterocycles. The molecule has 6 heteroatoms. The van der Waals surface area contributed by atoms with Crippen molar-refractivity contribution in [3.05, 3.63) is 35.7 Å². The zero-order valence-corrected chi connectivity index (χ0v) is 10.9. The predicted octanol–water partition coefficient (Wildman–Crippen LogP) is 3.00. The number of carbonyl (C=O) groups is 1. The summed E-state index contributed by atoms with van der Waals surface area (Å²) in [5, 5.41) is 13.3. The quantitative estimate of drug-likeness (QED) is 0.928. The minimum atomic E-state index is -0.965. The Balaban J connectivity index is 1.89. The van der Waals surface area contributed by atoms with Crippen molar-refractivity contribution in [1.82, 2.24) is 10.1 Å². The SMILES string of the molecule is O=C(O)c1cccc(-c2nc(C3CCCS3)no2)c1. The van der Waals surface area contributed by atoms with Crippen molar-refractivity contribution in [2.45, 2.75) is 18.1 Å². The van der Waals surface area contributed by atoms with Crippen molar-refractivity contribution in [3.63, 3.8) is 0 Å². The fourth-order valence-electron chi connectivity index (χ4n) is 2.05. The van der Waals surface area contributed by atoms with E-state index in [4.69, 9.17) is 9.63 Å². The Kier molecular flexibility index (Phi) is 3.25. The summed E-state index contributed by atoms with van der Waals surface area (Å²) < 4.78 is 5.23. The number of aromatic carboxylic acids is 1. The van der Waals surface area contributed by atoms with Crippen molar-refractivity contribution >= 4 is 17.7 Å². The minimum absolute atomic E-state index is 0.215. The zero-order valence-electron chi connectivity index (χ0n) is 10.1. The first-order chi connectivity index (χ1) is 9.24. The molecule has 1 aliphatic rings. The molecule has 1 fully saturated rings. The van der Waals surface area contributed by atoms with E-state index >= 15 is 0 Å². The molecule has 2 aromatic rings. The molecule has 1 N–H and O–H groups in total. The lowest BCUT2D eigenvalue weighted by atomic mass is 10.1. The number of aromatic nitrogens is 2. The van der Waals surface area contributed by atoms with Gasteiger partial charge in [0.2, 0.25) is 0 Å². The van der Waals surface area contributed by atoms with Crippen molar-refractivity contribution in [2.75, 3.05) is 5.75 Å². The molecule has 2 heterocycles. The molecule has 5 nitrogen and oxygen atoms in total. The van der Waals surface area contributed by atoms with Gasteiger partial charge in [-0.15, -0.1) is 0 Å². The summed E-state index contributed by atoms with van der Waals surface area (Å²) in [5.41, 5.74) is 0.856. The summed E-state index contributed by atoms with van der Waals surface area (Å²) in [6.45, 7) is 0. The largest absolute Gasteiger partial charge is 0.478 e. The molecule has 0 spiro atoms. The summed E-state index contributed by atoms with van der Waals surface area (Å²) in [6.07, 6.45) is 2.24. The molecule has 0 aliphatic carbocycles. The molecule has 1 aromatic heterocycles. The van der Waals surface area contributed by atoms with Crippen LogP contribution in [0.15, 0.2) is 28.8 Å². The zero-order chi connectivity index (χ0) is 13.2. The van der Waals surface area contributed by atoms with E-state index in [2.05, 4.69) is 10.1 Å². The molecule has 0 bridgehead atoms. The molecule has 1 atom stereocenters. The van der Waals surface area contributed by atoms with Crippen LogP contribution in [0.1, 0.15) is 34.3 Å². The standard InChI is InChI=1S/C13H12N2O3S/c16-13(17)9-4-1-3-8(7-9)12-14-11(15-18-12)10-5-2-6-19-10/h1,3-4,7,10H,2,5-6H2,(H,16,17). The maximum absolute atomic E-state index is 10.9. The third kappa shape index (κ3) is 2.49. The van der Waals surface area contributed by atoms with Crippen molar-refractivity contribution in [3.8, 4) is 11.5 Å². The summed E-state index contributed by atoms with van der Waals surface area (Å²) in [6, 6.07) is 6.52. The first-order valence-corrected chi connectivity index (χ1v) is 7.08. The van der Waals surface area contributed by atoms with Gasteiger partial charge in [-0.05, 0) is 36.8 Å². The molecule has 1 aliphatic heterocycles. The van der Waals surface area contributed by atoms with Crippen molar-refractivity contribution in [2.24, 2.45) is 0 Å². The number of carboxylic acids is 1. The van der Waals surface area contributed by atoms with Gasteiger partial charge in [0.05, 0.1) is 10.8 Å². The van der Waals surface area contributed by atoms with Gasteiger partial charge in [-0.2, -0.15) is 16.7 Å². The second-order valence-corrected chi connectivity index (χ2v) is 5.66. The van der Waals surface area contributed by atoms with Crippen LogP contribution in [0.4, 0.5) is 0 Å². The van der Waals surface area contributed by atoms with Crippen LogP contribution in [0.5, 0.6) is 0 Å². The maximum Gasteiger partial charge on any atom is 0.335 e. The Bertz CT molecular complexity index is 605. The lowest BCUT2D eigenvalue weighted by Crippen LogP contribution is -1.96. The van der Waals surface area contributed by atoms with Crippen LogP contribution in [0.2, 0.25) is 0 Å². The second-order valence-electron chi connectivity index (χ2n) is 4.35. The van der Waals surface area contributed by atoms with E-state index in [0.717, 1.165) is 12.2 Å². The van der Waals surface area contributed by atoms with E-state index in [9.17, 15) is 4.79 Å². The number of rotatable bonds is 3. The average Bonchev–Trinajstić information content (AvgIpc) is 3.09. The number of thioether (sulfide) groups is 1. The van der Waals surface area contributed by atoms with Gasteiger partial charge in [-0.3, -0.25) is 0 Å². The summed E-state index contributed by atoms with van der Waals surface area (Å²) in [4.78, 5) is 15.3. The highest BCUT2D eigenvalue weighted by molar-refractivity contribution is 7.99. The van der Waals surface area contributed by atoms with Gasteiger partial charge in [-0.1, -0.05) is 11.2 Å². The number of benzene rings is 1. The second kappa shape index (κ2) is 5.05. The van der Waals surface area contributed by atoms with Crippen molar-refractivity contribution < 1.29 is 14.4 Å². The number of hydrogen-bond donors (Lipinski definition) is 1. The molecule has 0 amide bonds. The predicted molar refractivity (Wildman–Crippen MR) is 71.1 cm³/mol. The van der Waals surface area contributed by atoms with Crippen LogP contribution in [-0.2, 0) is 0 Å². The molecule has 1 unspecified atom stereocenters. The smallest absolute Gasteiger partial charge is 0.335 e. The van der Waals surface area contributed by atoms with Gasteiger partial charge in [0.25, 0.3) is 5.89 Å². The third-order valence-electron chi connectivity index (χ3n) is 3.02. The van der Waals surface area contributed by atoms with Gasteiger partial charge >= 0.3 is 5.97 Å². The molecule has 3 rings (SSSR count). The molecule has 19 heavy (non-hydrogen) atoms. The summed E-state index contributed by atoms with van der Waals surface area (Å²) in [5.74, 6) is 1.25. The molecule has 0 radical (unpaired) electrons. The van der Waals surface area contributed by atoms with Gasteiger partial charge in [-0.25, -0.2) is 4.79 Å². The first kappa shape index (κ1) is 12.2. The lowest BCUT2D eigenvalue weighted by molar-refractivity contribution is 0.0697. The lowest BCUT2D eigenvalue weighted by Gasteiger charge is -1.99. The molecule has 98 valence electrons. The molecular formula is C13H12N2O3S. The fourth-order valence-corrected chi connectivity index (χ4v) is 3.25. The Morgan fingerprint density at radius 1 is 1.47 bits per heavy atom. The Morgan fingerprint density at radius 3 is 3.11 bits per heavy atom. The van der Waals surface area contributed by atoms with Crippen LogP contribution in [0.3, 0.4) is 0 Å². The van der Waals surface area contributed by atoms with Gasteiger partial charge < -0.3 is 9.63 Å². The van der Waals surface area contributed by atoms with E-state index in [0.29, 0.717) is 22.5 Å². The van der Waals surface area contributed by atoms with Crippen LogP contribution < -0.4 is 0 Å². The van der Waals surface area contributed by atoms with Crippen LogP contribution in [0, 0.1) is 0 Å². The van der Waals surface area contributed by atoms with Gasteiger partial charge in [0.15, 0.2) is 5.82 Å². The van der Waals surface area contributed by atoms with Gasteiger partial charge in [0, 0.05) is 5.56 Å². The van der Waals surface area contributed by atoms with E-state index in [-0.39, 0.29) is 5.56 Å². The Labute approximate surface area is 114 Å². The molecular weight excluding hydrogens is 264 g/mol. The summed E-state index contributed by atoms with van der Waals surface area (Å²) in [7, 11) is 0. The highest BCUT2D eigenvalue weighted by Crippen LogP contribution is 2.38. The normalized spacial score (nSPS) is 18.6. The van der Waals surface area contributed by atoms with Crippen LogP contribution >= 0.6 is 11.8 Å². The van der Waals surface area contributed by atoms with E-state index in [1.54, 1.807) is 18.2 Å². The highest BCUT2D eigenvalue weighted by atomic mass is 32.2. The number of carboxylic acid groups (broad SMARTS) is 1. The van der Waals surface area contributed by atoms with E-state index in [1.165, 1.54) is 12.5 Å². The average molecular weight is 276 g/mol. The van der Waals surface area contributed by atoms with E-state index in [1.807, 2.05) is 11.8 Å². The maximum atomic E-state index is 10.9. The minimum Gasteiger partial charge on any atom is -0.478 e. The Hall–Kier alpha value is -1.82. The first-order valence-electron chi connectivity index (χ1n) is 6.03.